The maximum absolute atomic E-state index is 6.44. The number of hydrogen-bond donors (Lipinski definition) is 0. The zero-order chi connectivity index (χ0) is 22.6. The van der Waals surface area contributed by atoms with Crippen molar-refractivity contribution in [2.45, 2.75) is 52.9 Å². The van der Waals surface area contributed by atoms with Gasteiger partial charge in [0.2, 0.25) is 0 Å². The average Bonchev–Trinajstić information content (AvgIpc) is 2.69. The molecule has 0 spiro atoms. The van der Waals surface area contributed by atoms with Crippen molar-refractivity contribution in [3.05, 3.63) is 94.0 Å². The lowest BCUT2D eigenvalue weighted by Gasteiger charge is -2.30. The molecule has 3 heteroatoms. The van der Waals surface area contributed by atoms with E-state index in [1.807, 2.05) is 6.07 Å². The highest BCUT2D eigenvalue weighted by Crippen LogP contribution is 2.46. The molecule has 31 heavy (non-hydrogen) atoms. The SMILES string of the molecule is Cc1ccc(PC(C)(C)c2cc(C)cc(C)c2OCc2ccccc2)c(CN(C)C)c1. The van der Waals surface area contributed by atoms with Crippen LogP contribution in [0.1, 0.15) is 47.2 Å². The molecule has 0 aromatic heterocycles. The van der Waals surface area contributed by atoms with Gasteiger partial charge >= 0.3 is 0 Å². The minimum absolute atomic E-state index is 0.0286. The summed E-state index contributed by atoms with van der Waals surface area (Å²) < 4.78 is 6.44. The molecule has 0 radical (unpaired) electrons. The fourth-order valence-electron chi connectivity index (χ4n) is 4.06. The van der Waals surface area contributed by atoms with E-state index in [1.54, 1.807) is 0 Å². The van der Waals surface area contributed by atoms with E-state index in [4.69, 9.17) is 4.74 Å². The molecule has 0 saturated heterocycles. The van der Waals surface area contributed by atoms with Crippen LogP contribution in [0.4, 0.5) is 0 Å². The molecule has 1 unspecified atom stereocenters. The summed E-state index contributed by atoms with van der Waals surface area (Å²) in [6, 6.07) is 21.9. The third-order valence-corrected chi connectivity index (χ3v) is 7.16. The molecule has 2 nitrogen and oxygen atoms in total. The van der Waals surface area contributed by atoms with Crippen molar-refractivity contribution in [1.29, 1.82) is 0 Å². The maximum Gasteiger partial charge on any atom is 0.126 e. The molecule has 3 aromatic rings. The molecule has 0 heterocycles. The molecule has 1 atom stereocenters. The summed E-state index contributed by atoms with van der Waals surface area (Å²) in [7, 11) is 4.93. The Bertz CT molecular complexity index is 1020. The highest BCUT2D eigenvalue weighted by atomic mass is 31.1. The normalized spacial score (nSPS) is 12.1. The molecule has 0 aliphatic heterocycles. The van der Waals surface area contributed by atoms with Crippen molar-refractivity contribution in [2.75, 3.05) is 14.1 Å². The van der Waals surface area contributed by atoms with Crippen molar-refractivity contribution < 1.29 is 4.74 Å². The van der Waals surface area contributed by atoms with Crippen LogP contribution < -0.4 is 10.0 Å². The number of nitrogens with zero attached hydrogens (tertiary/aromatic N) is 1. The largest absolute Gasteiger partial charge is 0.488 e. The van der Waals surface area contributed by atoms with Gasteiger partial charge in [0.1, 0.15) is 12.4 Å². The van der Waals surface area contributed by atoms with E-state index < -0.39 is 0 Å². The van der Waals surface area contributed by atoms with Crippen LogP contribution in [-0.2, 0) is 18.3 Å². The number of hydrogen-bond acceptors (Lipinski definition) is 2. The van der Waals surface area contributed by atoms with Gasteiger partial charge in [-0.15, -0.1) is 0 Å². The summed E-state index contributed by atoms with van der Waals surface area (Å²) in [6.07, 6.45) is 0. The molecule has 0 saturated carbocycles. The van der Waals surface area contributed by atoms with Gasteiger partial charge in [0.15, 0.2) is 0 Å². The van der Waals surface area contributed by atoms with Crippen LogP contribution in [0.25, 0.3) is 0 Å². The third kappa shape index (κ3) is 6.19. The Morgan fingerprint density at radius 3 is 2.26 bits per heavy atom. The Labute approximate surface area is 190 Å². The van der Waals surface area contributed by atoms with Gasteiger partial charge in [0, 0.05) is 17.3 Å². The highest BCUT2D eigenvalue weighted by Gasteiger charge is 2.27. The first-order valence-corrected chi connectivity index (χ1v) is 12.0. The molecule has 0 N–H and O–H groups in total. The minimum atomic E-state index is -0.0286. The van der Waals surface area contributed by atoms with E-state index in [1.165, 1.54) is 38.7 Å². The molecular weight excluding hydrogens is 397 g/mol. The van der Waals surface area contributed by atoms with Crippen molar-refractivity contribution in [3.8, 4) is 5.75 Å². The van der Waals surface area contributed by atoms with Gasteiger partial charge in [-0.25, -0.2) is 0 Å². The quantitative estimate of drug-likeness (QED) is 0.376. The van der Waals surface area contributed by atoms with Gasteiger partial charge in [-0.1, -0.05) is 94.2 Å². The standard InChI is InChI=1S/C28H36NOP/c1-20-13-14-26(24(16-20)18-29(6)7)31-28(4,5)25-17-21(2)15-22(3)27(25)30-19-23-11-9-8-10-12-23/h8-17,31H,18-19H2,1-7H3. The molecule has 164 valence electrons. The molecule has 0 bridgehead atoms. The molecule has 3 aromatic carbocycles. The lowest BCUT2D eigenvalue weighted by atomic mass is 9.96. The van der Waals surface area contributed by atoms with Crippen LogP contribution >= 0.6 is 8.58 Å². The van der Waals surface area contributed by atoms with E-state index in [2.05, 4.69) is 108 Å². The lowest BCUT2D eigenvalue weighted by molar-refractivity contribution is 0.298. The molecule has 3 rings (SSSR count). The smallest absolute Gasteiger partial charge is 0.126 e. The molecule has 0 amide bonds. The van der Waals surface area contributed by atoms with Crippen LogP contribution in [0.5, 0.6) is 5.75 Å². The predicted octanol–water partition coefficient (Wildman–Crippen LogP) is 6.49. The zero-order valence-corrected chi connectivity index (χ0v) is 21.0. The first-order valence-electron chi connectivity index (χ1n) is 11.0. The van der Waals surface area contributed by atoms with Crippen LogP contribution in [0.15, 0.2) is 60.7 Å². The minimum Gasteiger partial charge on any atom is -0.488 e. The first kappa shape index (κ1) is 23.5. The van der Waals surface area contributed by atoms with E-state index in [-0.39, 0.29) is 5.16 Å². The van der Waals surface area contributed by atoms with Crippen molar-refractivity contribution in [2.24, 2.45) is 0 Å². The van der Waals surface area contributed by atoms with Crippen molar-refractivity contribution in [3.63, 3.8) is 0 Å². The second kappa shape index (κ2) is 9.98. The van der Waals surface area contributed by atoms with Gasteiger partial charge < -0.3 is 9.64 Å². The topological polar surface area (TPSA) is 12.5 Å². The number of rotatable bonds is 8. The van der Waals surface area contributed by atoms with Gasteiger partial charge in [0.25, 0.3) is 0 Å². The Morgan fingerprint density at radius 2 is 1.58 bits per heavy atom. The van der Waals surface area contributed by atoms with Crippen LogP contribution in [0.2, 0.25) is 0 Å². The van der Waals surface area contributed by atoms with E-state index in [9.17, 15) is 0 Å². The Kier molecular flexibility index (Phi) is 7.57. The number of benzene rings is 3. The van der Waals surface area contributed by atoms with Crippen molar-refractivity contribution in [1.82, 2.24) is 4.90 Å². The van der Waals surface area contributed by atoms with Crippen LogP contribution in [0, 0.1) is 20.8 Å². The van der Waals surface area contributed by atoms with E-state index >= 15 is 0 Å². The molecule has 0 fully saturated rings. The van der Waals surface area contributed by atoms with Crippen molar-refractivity contribution >= 4 is 13.9 Å². The van der Waals surface area contributed by atoms with Crippen LogP contribution in [-0.4, -0.2) is 19.0 Å². The second-order valence-electron chi connectivity index (χ2n) is 9.38. The number of ether oxygens (including phenoxy) is 1. The predicted molar refractivity (Wildman–Crippen MR) is 136 cm³/mol. The summed E-state index contributed by atoms with van der Waals surface area (Å²) >= 11 is 0. The Morgan fingerprint density at radius 1 is 0.871 bits per heavy atom. The molecule has 0 aliphatic carbocycles. The van der Waals surface area contributed by atoms with E-state index in [0.29, 0.717) is 15.2 Å². The second-order valence-corrected chi connectivity index (χ2v) is 11.4. The lowest BCUT2D eigenvalue weighted by Crippen LogP contribution is -2.22. The molecular formula is C28H36NOP. The number of aryl methyl sites for hydroxylation is 3. The Balaban J connectivity index is 1.95. The fourth-order valence-corrected chi connectivity index (χ4v) is 5.53. The summed E-state index contributed by atoms with van der Waals surface area (Å²) in [6.45, 7) is 12.8. The van der Waals surface area contributed by atoms with Gasteiger partial charge in [-0.3, -0.25) is 0 Å². The first-order chi connectivity index (χ1) is 14.7. The van der Waals surface area contributed by atoms with Crippen LogP contribution in [0.3, 0.4) is 0 Å². The van der Waals surface area contributed by atoms with E-state index in [0.717, 1.165) is 12.3 Å². The summed E-state index contributed by atoms with van der Waals surface area (Å²) in [4.78, 5) is 2.25. The van der Waals surface area contributed by atoms with Gasteiger partial charge in [-0.2, -0.15) is 0 Å². The monoisotopic (exact) mass is 433 g/mol. The third-order valence-electron chi connectivity index (χ3n) is 5.51. The molecule has 0 aliphatic rings. The van der Waals surface area contributed by atoms with Gasteiger partial charge in [0.05, 0.1) is 0 Å². The fraction of sp³-hybridized carbons (Fsp3) is 0.357. The Hall–Kier alpha value is -2.15. The highest BCUT2D eigenvalue weighted by molar-refractivity contribution is 7.48. The summed E-state index contributed by atoms with van der Waals surface area (Å²) in [5.74, 6) is 1.04. The zero-order valence-electron chi connectivity index (χ0n) is 20.0. The summed E-state index contributed by atoms with van der Waals surface area (Å²) in [5.41, 5.74) is 7.74. The average molecular weight is 434 g/mol. The summed E-state index contributed by atoms with van der Waals surface area (Å²) in [5, 5.41) is 1.41. The maximum atomic E-state index is 6.44. The van der Waals surface area contributed by atoms with Gasteiger partial charge in [-0.05, 0) is 56.9 Å².